The summed E-state index contributed by atoms with van der Waals surface area (Å²) >= 11 is 0. The Morgan fingerprint density at radius 3 is 2.64 bits per heavy atom. The van der Waals surface area contributed by atoms with Crippen molar-refractivity contribution < 1.29 is 28.2 Å². The quantitative estimate of drug-likeness (QED) is 0.811. The van der Waals surface area contributed by atoms with Crippen molar-refractivity contribution in [1.82, 2.24) is 5.32 Å². The van der Waals surface area contributed by atoms with Crippen LogP contribution in [0.4, 0.5) is 8.78 Å². The lowest BCUT2D eigenvalue weighted by Crippen LogP contribution is -2.42. The zero-order chi connectivity index (χ0) is 16.2. The fourth-order valence-corrected chi connectivity index (χ4v) is 2.47. The number of ether oxygens (including phenoxy) is 1. The van der Waals surface area contributed by atoms with E-state index in [0.717, 1.165) is 6.42 Å². The molecule has 0 atom stereocenters. The third-order valence-electron chi connectivity index (χ3n) is 3.88. The van der Waals surface area contributed by atoms with Gasteiger partial charge in [0, 0.05) is 13.0 Å². The fourth-order valence-electron chi connectivity index (χ4n) is 2.47. The van der Waals surface area contributed by atoms with E-state index >= 15 is 0 Å². The standard InChI is InChI=1S/C15H17F2NO4/c16-14(17)22-11-4-1-3-10(7-11)9-18-12(19)8-15(13(20)21)5-2-6-15/h1,3-4,7,14H,2,5-6,8-9H2,(H,18,19)(H,20,21). The predicted molar refractivity (Wildman–Crippen MR) is 73.5 cm³/mol. The molecule has 0 heterocycles. The summed E-state index contributed by atoms with van der Waals surface area (Å²) in [7, 11) is 0. The number of aliphatic carboxylic acids is 1. The van der Waals surface area contributed by atoms with Gasteiger partial charge in [0.1, 0.15) is 5.75 Å². The van der Waals surface area contributed by atoms with Gasteiger partial charge in [-0.25, -0.2) is 0 Å². The van der Waals surface area contributed by atoms with E-state index in [9.17, 15) is 23.5 Å². The molecule has 1 aliphatic rings. The number of halogens is 2. The smallest absolute Gasteiger partial charge is 0.387 e. The molecule has 0 radical (unpaired) electrons. The molecule has 120 valence electrons. The average molecular weight is 313 g/mol. The fraction of sp³-hybridized carbons (Fsp3) is 0.467. The van der Waals surface area contributed by atoms with Crippen LogP contribution in [0.3, 0.4) is 0 Å². The maximum absolute atomic E-state index is 12.1. The highest BCUT2D eigenvalue weighted by molar-refractivity contribution is 5.85. The molecule has 7 heteroatoms. The van der Waals surface area contributed by atoms with E-state index in [-0.39, 0.29) is 24.6 Å². The molecule has 2 rings (SSSR count). The van der Waals surface area contributed by atoms with Gasteiger partial charge >= 0.3 is 12.6 Å². The van der Waals surface area contributed by atoms with Gasteiger partial charge in [-0.05, 0) is 30.5 Å². The van der Waals surface area contributed by atoms with Crippen LogP contribution in [0, 0.1) is 5.41 Å². The van der Waals surface area contributed by atoms with Crippen molar-refractivity contribution in [1.29, 1.82) is 0 Å². The van der Waals surface area contributed by atoms with Gasteiger partial charge < -0.3 is 15.2 Å². The Labute approximate surface area is 126 Å². The second kappa shape index (κ2) is 6.72. The van der Waals surface area contributed by atoms with E-state index < -0.39 is 18.0 Å². The number of carboxylic acids is 1. The second-order valence-corrected chi connectivity index (χ2v) is 5.42. The molecule has 2 N–H and O–H groups in total. The van der Waals surface area contributed by atoms with Crippen LogP contribution in [-0.4, -0.2) is 23.6 Å². The highest BCUT2D eigenvalue weighted by Crippen LogP contribution is 2.44. The van der Waals surface area contributed by atoms with E-state index in [1.165, 1.54) is 12.1 Å². The summed E-state index contributed by atoms with van der Waals surface area (Å²) in [5.74, 6) is -1.29. The number of benzene rings is 1. The van der Waals surface area contributed by atoms with Crippen molar-refractivity contribution in [3.8, 4) is 5.75 Å². The maximum atomic E-state index is 12.1. The molecule has 1 aromatic rings. The minimum absolute atomic E-state index is 0.0164. The van der Waals surface area contributed by atoms with Crippen LogP contribution in [0.2, 0.25) is 0 Å². The largest absolute Gasteiger partial charge is 0.481 e. The number of carbonyl (C=O) groups excluding carboxylic acids is 1. The normalized spacial score (nSPS) is 16.0. The lowest BCUT2D eigenvalue weighted by atomic mass is 9.66. The Bertz CT molecular complexity index is 558. The molecule has 1 fully saturated rings. The number of carbonyl (C=O) groups is 2. The third kappa shape index (κ3) is 3.93. The molecule has 22 heavy (non-hydrogen) atoms. The second-order valence-electron chi connectivity index (χ2n) is 5.42. The van der Waals surface area contributed by atoms with Gasteiger partial charge in [-0.15, -0.1) is 0 Å². The Morgan fingerprint density at radius 1 is 1.36 bits per heavy atom. The molecule has 0 saturated heterocycles. The predicted octanol–water partition coefficient (Wildman–Crippen LogP) is 2.55. The van der Waals surface area contributed by atoms with Crippen molar-refractivity contribution in [2.45, 2.75) is 38.8 Å². The maximum Gasteiger partial charge on any atom is 0.387 e. The molecule has 0 bridgehead atoms. The number of carboxylic acid groups (broad SMARTS) is 1. The zero-order valence-electron chi connectivity index (χ0n) is 11.9. The van der Waals surface area contributed by atoms with E-state index in [4.69, 9.17) is 0 Å². The van der Waals surface area contributed by atoms with E-state index in [0.29, 0.717) is 18.4 Å². The van der Waals surface area contributed by atoms with Crippen LogP contribution in [0.1, 0.15) is 31.2 Å². The summed E-state index contributed by atoms with van der Waals surface area (Å²) in [6, 6.07) is 6.01. The summed E-state index contributed by atoms with van der Waals surface area (Å²) in [4.78, 5) is 23.1. The minimum Gasteiger partial charge on any atom is -0.481 e. The SMILES string of the molecule is O=C(CC1(C(=O)O)CCC1)NCc1cccc(OC(F)F)c1. The Morgan fingerprint density at radius 2 is 2.09 bits per heavy atom. The highest BCUT2D eigenvalue weighted by atomic mass is 19.3. The van der Waals surface area contributed by atoms with Crippen molar-refractivity contribution in [3.05, 3.63) is 29.8 Å². The summed E-state index contributed by atoms with van der Waals surface area (Å²) in [5, 5.41) is 11.8. The van der Waals surface area contributed by atoms with E-state index in [1.54, 1.807) is 12.1 Å². The molecular formula is C15H17F2NO4. The van der Waals surface area contributed by atoms with Gasteiger partial charge in [0.2, 0.25) is 5.91 Å². The Kier molecular flexibility index (Phi) is 4.95. The molecule has 0 aromatic heterocycles. The van der Waals surface area contributed by atoms with Crippen LogP contribution in [0.5, 0.6) is 5.75 Å². The van der Waals surface area contributed by atoms with Gasteiger partial charge in [-0.2, -0.15) is 8.78 Å². The van der Waals surface area contributed by atoms with Crippen molar-refractivity contribution in [2.75, 3.05) is 0 Å². The van der Waals surface area contributed by atoms with E-state index in [1.807, 2.05) is 0 Å². The van der Waals surface area contributed by atoms with Crippen molar-refractivity contribution >= 4 is 11.9 Å². The number of nitrogens with one attached hydrogen (secondary N) is 1. The van der Waals surface area contributed by atoms with Crippen LogP contribution in [0.25, 0.3) is 0 Å². The molecule has 0 aliphatic heterocycles. The molecule has 1 aliphatic carbocycles. The first-order valence-electron chi connectivity index (χ1n) is 6.95. The monoisotopic (exact) mass is 313 g/mol. The molecule has 5 nitrogen and oxygen atoms in total. The summed E-state index contributed by atoms with van der Waals surface area (Å²) < 4.78 is 28.5. The zero-order valence-corrected chi connectivity index (χ0v) is 11.9. The van der Waals surface area contributed by atoms with Gasteiger partial charge in [0.05, 0.1) is 5.41 Å². The summed E-state index contributed by atoms with van der Waals surface area (Å²) in [6.07, 6.45) is 1.77. The first kappa shape index (κ1) is 16.2. The van der Waals surface area contributed by atoms with Crippen molar-refractivity contribution in [3.63, 3.8) is 0 Å². The van der Waals surface area contributed by atoms with Crippen molar-refractivity contribution in [2.24, 2.45) is 5.41 Å². The van der Waals surface area contributed by atoms with E-state index in [2.05, 4.69) is 10.1 Å². The van der Waals surface area contributed by atoms with Gasteiger partial charge in [0.15, 0.2) is 0 Å². The summed E-state index contributed by atoms with van der Waals surface area (Å²) in [6.45, 7) is -2.77. The van der Waals surface area contributed by atoms with Gasteiger partial charge in [0.25, 0.3) is 0 Å². The lowest BCUT2D eigenvalue weighted by molar-refractivity contribution is -0.157. The third-order valence-corrected chi connectivity index (χ3v) is 3.88. The van der Waals surface area contributed by atoms with Crippen LogP contribution in [0.15, 0.2) is 24.3 Å². The molecule has 1 aromatic carbocycles. The number of hydrogen-bond acceptors (Lipinski definition) is 3. The first-order chi connectivity index (χ1) is 10.4. The van der Waals surface area contributed by atoms with Crippen LogP contribution >= 0.6 is 0 Å². The van der Waals surface area contributed by atoms with Crippen LogP contribution < -0.4 is 10.1 Å². The Hall–Kier alpha value is -2.18. The number of hydrogen-bond donors (Lipinski definition) is 2. The topological polar surface area (TPSA) is 75.6 Å². The first-order valence-corrected chi connectivity index (χ1v) is 6.95. The average Bonchev–Trinajstić information content (AvgIpc) is 2.40. The molecular weight excluding hydrogens is 296 g/mol. The summed E-state index contributed by atoms with van der Waals surface area (Å²) in [5.41, 5.74) is -0.338. The highest BCUT2D eigenvalue weighted by Gasteiger charge is 2.45. The Balaban J connectivity index is 1.87. The molecule has 1 saturated carbocycles. The number of rotatable bonds is 7. The van der Waals surface area contributed by atoms with Gasteiger partial charge in [-0.1, -0.05) is 18.6 Å². The number of alkyl halides is 2. The number of amides is 1. The minimum atomic E-state index is -2.90. The molecule has 0 unspecified atom stereocenters. The lowest BCUT2D eigenvalue weighted by Gasteiger charge is -2.36. The van der Waals surface area contributed by atoms with Gasteiger partial charge in [-0.3, -0.25) is 9.59 Å². The molecule has 0 spiro atoms. The molecule has 1 amide bonds. The van der Waals surface area contributed by atoms with Crippen LogP contribution in [-0.2, 0) is 16.1 Å².